The summed E-state index contributed by atoms with van der Waals surface area (Å²) in [4.78, 5) is 155. The van der Waals surface area contributed by atoms with E-state index in [0.29, 0.717) is 12.0 Å². The minimum Gasteiger partial charge on any atom is -0.481 e. The Bertz CT molecular complexity index is 2100. The zero-order chi connectivity index (χ0) is 56.2. The van der Waals surface area contributed by atoms with Crippen LogP contribution in [0.4, 0.5) is 0 Å². The number of aliphatic carboxylic acids is 2. The summed E-state index contributed by atoms with van der Waals surface area (Å²) >= 11 is 1.28. The van der Waals surface area contributed by atoms with Gasteiger partial charge in [-0.25, -0.2) is 4.79 Å². The third-order valence-electron chi connectivity index (χ3n) is 10.8. The Morgan fingerprint density at radius 1 is 0.608 bits per heavy atom. The second-order valence-electron chi connectivity index (χ2n) is 17.4. The van der Waals surface area contributed by atoms with Gasteiger partial charge in [0.15, 0.2) is 0 Å². The van der Waals surface area contributed by atoms with Crippen molar-refractivity contribution in [2.45, 2.75) is 133 Å². The lowest BCUT2D eigenvalue weighted by atomic mass is 10.0. The fourth-order valence-electron chi connectivity index (χ4n) is 6.66. The van der Waals surface area contributed by atoms with Crippen molar-refractivity contribution in [1.82, 2.24) is 47.9 Å². The SMILES string of the molecule is CSCC[C@H](NC(=O)[C@H](C)NC(=O)[C@@H](N)CC(=O)O)C(=O)N[C@@H](CO)C(=O)N[C@H](C(=O)N[C@@H](CC(N)=O)C(=O)N[C@@H](CCCCN)C(=O)N[C@@H](Cc1ccccc1)C(=O)NCC(=O)N[C@H](C(=O)O)C(C)C)[C@@H](C)O. The van der Waals surface area contributed by atoms with Crippen LogP contribution in [0.25, 0.3) is 0 Å². The summed E-state index contributed by atoms with van der Waals surface area (Å²) in [6.45, 7) is 3.88. The van der Waals surface area contributed by atoms with Gasteiger partial charge in [-0.15, -0.1) is 0 Å². The molecule has 10 atom stereocenters. The number of aliphatic hydroxyl groups is 2. The first-order valence-corrected chi connectivity index (χ1v) is 24.9. The van der Waals surface area contributed by atoms with Crippen molar-refractivity contribution in [3.05, 3.63) is 35.9 Å². The van der Waals surface area contributed by atoms with Gasteiger partial charge in [0.1, 0.15) is 48.3 Å². The highest BCUT2D eigenvalue weighted by molar-refractivity contribution is 7.98. The predicted octanol–water partition coefficient (Wildman–Crippen LogP) is -6.08. The number of carbonyl (C=O) groups excluding carboxylic acids is 10. The summed E-state index contributed by atoms with van der Waals surface area (Å²) in [5.41, 5.74) is 17.2. The molecule has 1 aromatic carbocycles. The van der Waals surface area contributed by atoms with Crippen molar-refractivity contribution in [3.8, 4) is 0 Å². The highest BCUT2D eigenvalue weighted by Gasteiger charge is 2.36. The molecule has 1 rings (SSSR count). The quantitative estimate of drug-likeness (QED) is 0.0281. The molecular formula is C45H72N12O16S. The maximum atomic E-state index is 14.0. The van der Waals surface area contributed by atoms with Crippen LogP contribution in [0.2, 0.25) is 0 Å². The average Bonchev–Trinajstić information content (AvgIpc) is 3.32. The lowest BCUT2D eigenvalue weighted by Gasteiger charge is -2.28. The Labute approximate surface area is 431 Å². The summed E-state index contributed by atoms with van der Waals surface area (Å²) in [7, 11) is 0. The van der Waals surface area contributed by atoms with Crippen LogP contribution < -0.4 is 65.1 Å². The van der Waals surface area contributed by atoms with Crippen molar-refractivity contribution in [3.63, 3.8) is 0 Å². The number of amides is 10. The Morgan fingerprint density at radius 3 is 1.68 bits per heavy atom. The number of hydrogen-bond donors (Lipinski definition) is 16. The van der Waals surface area contributed by atoms with E-state index >= 15 is 0 Å². The maximum absolute atomic E-state index is 14.0. The van der Waals surface area contributed by atoms with Crippen LogP contribution in [0, 0.1) is 5.92 Å². The van der Waals surface area contributed by atoms with Gasteiger partial charge in [0.05, 0.1) is 38.1 Å². The van der Waals surface area contributed by atoms with Gasteiger partial charge in [-0.1, -0.05) is 44.2 Å². The molecule has 0 aliphatic carbocycles. The van der Waals surface area contributed by atoms with Crippen LogP contribution in [0.5, 0.6) is 0 Å². The molecule has 0 radical (unpaired) electrons. The number of aliphatic hydroxyl groups excluding tert-OH is 2. The first-order valence-electron chi connectivity index (χ1n) is 23.5. The Kier molecular flexibility index (Phi) is 29.6. The molecule has 29 heteroatoms. The summed E-state index contributed by atoms with van der Waals surface area (Å²) < 4.78 is 0. The molecule has 0 aliphatic rings. The molecular weight excluding hydrogens is 997 g/mol. The smallest absolute Gasteiger partial charge is 0.326 e. The monoisotopic (exact) mass is 1070 g/mol. The molecule has 0 saturated heterocycles. The lowest BCUT2D eigenvalue weighted by molar-refractivity contribution is -0.143. The number of benzene rings is 1. The van der Waals surface area contributed by atoms with Crippen LogP contribution in [0.15, 0.2) is 30.3 Å². The number of carboxylic acids is 2. The number of primary amides is 1. The first-order chi connectivity index (χ1) is 34.8. The highest BCUT2D eigenvalue weighted by Crippen LogP contribution is 2.09. The van der Waals surface area contributed by atoms with Crippen LogP contribution in [-0.2, 0) is 64.0 Å². The second-order valence-corrected chi connectivity index (χ2v) is 18.4. The molecule has 19 N–H and O–H groups in total. The molecule has 0 heterocycles. The largest absolute Gasteiger partial charge is 0.481 e. The normalized spacial score (nSPS) is 15.1. The van der Waals surface area contributed by atoms with Gasteiger partial charge in [0, 0.05) is 6.42 Å². The summed E-state index contributed by atoms with van der Waals surface area (Å²) in [5, 5.41) is 60.1. The van der Waals surface area contributed by atoms with Crippen LogP contribution in [0.3, 0.4) is 0 Å². The van der Waals surface area contributed by atoms with E-state index in [0.717, 1.165) is 6.92 Å². The van der Waals surface area contributed by atoms with Crippen molar-refractivity contribution < 1.29 is 78.0 Å². The van der Waals surface area contributed by atoms with Crippen LogP contribution in [0.1, 0.15) is 71.8 Å². The van der Waals surface area contributed by atoms with Gasteiger partial charge >= 0.3 is 11.9 Å². The topological polar surface area (TPSA) is 472 Å². The van der Waals surface area contributed by atoms with Crippen molar-refractivity contribution >= 4 is 82.8 Å². The van der Waals surface area contributed by atoms with E-state index in [-0.39, 0.29) is 38.0 Å². The van der Waals surface area contributed by atoms with Gasteiger partial charge in [-0.05, 0) is 69.6 Å². The van der Waals surface area contributed by atoms with Crippen molar-refractivity contribution in [1.29, 1.82) is 0 Å². The molecule has 28 nitrogen and oxygen atoms in total. The minimum absolute atomic E-state index is 0.0322. The standard InChI is InChI=1S/C45H72N12O16S/c1-22(2)35(45(72)73)56-33(61)20-49-39(66)29(17-25-11-7-6-8-12-25)53-40(67)27(13-9-10-15-46)52-42(69)30(19-32(48)60)54-44(71)36(24(4)59)57-43(70)31(21-58)55-41(68)28(14-16-74-5)51-37(64)23(3)50-38(65)26(47)18-34(62)63/h6-8,11-12,22-24,26-31,35-36,58-59H,9-10,13-21,46-47H2,1-5H3,(H2,48,60)(H,49,66)(H,50,65)(H,51,64)(H,52,69)(H,53,67)(H,54,71)(H,55,68)(H,56,61)(H,57,70)(H,62,63)(H,72,73)/t23-,24+,26-,27-,28-,29-,30-,31-,35-,36-/m0/s1. The Balaban J connectivity index is 3.32. The molecule has 1 aromatic rings. The number of carbonyl (C=O) groups is 12. The maximum Gasteiger partial charge on any atom is 0.326 e. The molecule has 0 spiro atoms. The van der Waals surface area contributed by atoms with E-state index in [4.69, 9.17) is 22.3 Å². The fourth-order valence-corrected chi connectivity index (χ4v) is 7.13. The molecule has 0 bridgehead atoms. The van der Waals surface area contributed by atoms with Crippen molar-refractivity contribution in [2.75, 3.05) is 31.7 Å². The molecule has 0 aliphatic heterocycles. The van der Waals surface area contributed by atoms with E-state index in [2.05, 4.69) is 47.9 Å². The summed E-state index contributed by atoms with van der Waals surface area (Å²) in [5.74, 6) is -13.1. The predicted molar refractivity (Wildman–Crippen MR) is 265 cm³/mol. The molecule has 0 fully saturated rings. The third-order valence-corrected chi connectivity index (χ3v) is 11.5. The number of unbranched alkanes of at least 4 members (excludes halogenated alkanes) is 1. The van der Waals surface area contributed by atoms with E-state index in [9.17, 15) is 72.9 Å². The zero-order valence-electron chi connectivity index (χ0n) is 41.8. The molecule has 10 amide bonds. The van der Waals surface area contributed by atoms with E-state index in [1.165, 1.54) is 18.7 Å². The number of nitrogens with one attached hydrogen (secondary N) is 9. The number of hydrogen-bond acceptors (Lipinski definition) is 17. The van der Waals surface area contributed by atoms with E-state index < -0.39 is 163 Å². The van der Waals surface area contributed by atoms with Crippen LogP contribution in [-0.4, -0.2) is 184 Å². The first kappa shape index (κ1) is 65.1. The number of thioether (sulfide) groups is 1. The third kappa shape index (κ3) is 24.2. The molecule has 0 aromatic heterocycles. The average molecular weight is 1070 g/mol. The molecule has 74 heavy (non-hydrogen) atoms. The molecule has 0 unspecified atom stereocenters. The highest BCUT2D eigenvalue weighted by atomic mass is 32.2. The van der Waals surface area contributed by atoms with Gasteiger partial charge in [-0.3, -0.25) is 52.7 Å². The summed E-state index contributed by atoms with van der Waals surface area (Å²) in [6.07, 6.45) is -1.31. The zero-order valence-corrected chi connectivity index (χ0v) is 42.7. The van der Waals surface area contributed by atoms with E-state index in [1.807, 2.05) is 0 Å². The van der Waals surface area contributed by atoms with Gasteiger partial charge in [0.2, 0.25) is 59.1 Å². The van der Waals surface area contributed by atoms with Gasteiger partial charge in [0.25, 0.3) is 0 Å². The lowest BCUT2D eigenvalue weighted by Crippen LogP contribution is -2.62. The summed E-state index contributed by atoms with van der Waals surface area (Å²) in [6, 6.07) is -5.53. The van der Waals surface area contributed by atoms with Crippen molar-refractivity contribution in [2.24, 2.45) is 23.1 Å². The second kappa shape index (κ2) is 33.7. The van der Waals surface area contributed by atoms with Gasteiger partial charge in [-0.2, -0.15) is 11.8 Å². The number of carboxylic acid groups (broad SMARTS) is 2. The Hall–Kier alpha value is -6.95. The Morgan fingerprint density at radius 2 is 1.15 bits per heavy atom. The number of nitrogens with two attached hydrogens (primary N) is 3. The fraction of sp³-hybridized carbons (Fsp3) is 0.600. The molecule has 0 saturated carbocycles. The minimum atomic E-state index is -1.94. The molecule has 414 valence electrons. The van der Waals surface area contributed by atoms with Crippen LogP contribution >= 0.6 is 11.8 Å². The van der Waals surface area contributed by atoms with Gasteiger partial charge < -0.3 is 85.5 Å². The number of rotatable bonds is 35. The van der Waals surface area contributed by atoms with E-state index in [1.54, 1.807) is 50.4 Å².